The molecule has 0 amide bonds. The molecule has 0 atom stereocenters. The van der Waals surface area contributed by atoms with Gasteiger partial charge < -0.3 is 10.5 Å². The van der Waals surface area contributed by atoms with E-state index in [9.17, 15) is 4.39 Å². The average Bonchev–Trinajstić information content (AvgIpc) is 2.29. The number of hydrogen-bond donors (Lipinski definition) is 1. The minimum Gasteiger partial charge on any atom is -0.457 e. The molecule has 0 fully saturated rings. The van der Waals surface area contributed by atoms with Crippen LogP contribution in [0, 0.1) is 5.82 Å². The normalized spacial score (nSPS) is 10.3. The maximum absolute atomic E-state index is 13.0. The molecular formula is C13H11BrFNO. The molecule has 0 unspecified atom stereocenters. The van der Waals surface area contributed by atoms with Gasteiger partial charge in [0, 0.05) is 17.1 Å². The zero-order valence-electron chi connectivity index (χ0n) is 8.99. The van der Waals surface area contributed by atoms with Crippen molar-refractivity contribution in [3.05, 3.63) is 58.3 Å². The molecule has 2 N–H and O–H groups in total. The Kier molecular flexibility index (Phi) is 3.76. The van der Waals surface area contributed by atoms with Crippen LogP contribution in [0.15, 0.2) is 46.9 Å². The van der Waals surface area contributed by atoms with Crippen molar-refractivity contribution in [3.63, 3.8) is 0 Å². The quantitative estimate of drug-likeness (QED) is 0.934. The van der Waals surface area contributed by atoms with Crippen LogP contribution >= 0.6 is 15.9 Å². The molecule has 88 valence electrons. The molecule has 2 aromatic rings. The first kappa shape index (κ1) is 12.1. The minimum atomic E-state index is -0.319. The van der Waals surface area contributed by atoms with E-state index in [1.165, 1.54) is 12.1 Å². The first-order chi connectivity index (χ1) is 8.19. The van der Waals surface area contributed by atoms with Crippen molar-refractivity contribution in [2.24, 2.45) is 5.73 Å². The molecule has 2 nitrogen and oxygen atoms in total. The molecule has 0 aliphatic rings. The first-order valence-corrected chi connectivity index (χ1v) is 5.90. The summed E-state index contributed by atoms with van der Waals surface area (Å²) in [4.78, 5) is 0. The van der Waals surface area contributed by atoms with Gasteiger partial charge in [0.05, 0.1) is 0 Å². The predicted molar refractivity (Wildman–Crippen MR) is 68.5 cm³/mol. The fourth-order valence-corrected chi connectivity index (χ4v) is 1.94. The minimum absolute atomic E-state index is 0.319. The van der Waals surface area contributed by atoms with Gasteiger partial charge in [-0.25, -0.2) is 4.39 Å². The van der Waals surface area contributed by atoms with Gasteiger partial charge in [0.2, 0.25) is 0 Å². The van der Waals surface area contributed by atoms with E-state index in [2.05, 4.69) is 15.9 Å². The Morgan fingerprint density at radius 3 is 2.53 bits per heavy atom. The monoisotopic (exact) mass is 295 g/mol. The van der Waals surface area contributed by atoms with Crippen molar-refractivity contribution in [2.45, 2.75) is 6.54 Å². The summed E-state index contributed by atoms with van der Waals surface area (Å²) >= 11 is 3.40. The van der Waals surface area contributed by atoms with Crippen LogP contribution in [-0.4, -0.2) is 0 Å². The fourth-order valence-electron chi connectivity index (χ4n) is 1.42. The summed E-state index contributed by atoms with van der Waals surface area (Å²) in [6.07, 6.45) is 0. The molecule has 2 rings (SSSR count). The second kappa shape index (κ2) is 5.29. The van der Waals surface area contributed by atoms with Crippen LogP contribution in [0.3, 0.4) is 0 Å². The van der Waals surface area contributed by atoms with Crippen molar-refractivity contribution in [2.75, 3.05) is 0 Å². The van der Waals surface area contributed by atoms with Crippen molar-refractivity contribution in [3.8, 4) is 11.5 Å². The third kappa shape index (κ3) is 3.05. The largest absolute Gasteiger partial charge is 0.457 e. The third-order valence-electron chi connectivity index (χ3n) is 2.28. The van der Waals surface area contributed by atoms with Gasteiger partial charge in [0.1, 0.15) is 17.3 Å². The maximum Gasteiger partial charge on any atom is 0.130 e. The molecule has 0 radical (unpaired) electrons. The number of hydrogen-bond acceptors (Lipinski definition) is 2. The second-order valence-electron chi connectivity index (χ2n) is 3.52. The van der Waals surface area contributed by atoms with E-state index in [4.69, 9.17) is 10.5 Å². The molecule has 2 aromatic carbocycles. The lowest BCUT2D eigenvalue weighted by Crippen LogP contribution is -1.97. The van der Waals surface area contributed by atoms with Gasteiger partial charge in [-0.15, -0.1) is 0 Å². The standard InChI is InChI=1S/C13H11BrFNO/c14-13-7-12(5-4-9(13)8-16)17-11-3-1-2-10(15)6-11/h1-7H,8,16H2. The molecular weight excluding hydrogens is 285 g/mol. The number of halogens is 2. The number of ether oxygens (including phenoxy) is 1. The summed E-state index contributed by atoms with van der Waals surface area (Å²) < 4.78 is 19.4. The highest BCUT2D eigenvalue weighted by molar-refractivity contribution is 9.10. The topological polar surface area (TPSA) is 35.2 Å². The molecule has 17 heavy (non-hydrogen) atoms. The smallest absolute Gasteiger partial charge is 0.130 e. The summed E-state index contributed by atoms with van der Waals surface area (Å²) in [7, 11) is 0. The molecule has 0 saturated heterocycles. The van der Waals surface area contributed by atoms with Gasteiger partial charge >= 0.3 is 0 Å². The predicted octanol–water partition coefficient (Wildman–Crippen LogP) is 3.84. The summed E-state index contributed by atoms with van der Waals surface area (Å²) in [5.74, 6) is 0.789. The Morgan fingerprint density at radius 1 is 1.12 bits per heavy atom. The summed E-state index contributed by atoms with van der Waals surface area (Å²) in [6, 6.07) is 11.5. The Bertz CT molecular complexity index is 531. The van der Waals surface area contributed by atoms with Gasteiger partial charge in [0.25, 0.3) is 0 Å². The van der Waals surface area contributed by atoms with Gasteiger partial charge in [-0.2, -0.15) is 0 Å². The summed E-state index contributed by atoms with van der Waals surface area (Å²) in [5, 5.41) is 0. The Balaban J connectivity index is 2.22. The molecule has 4 heteroatoms. The lowest BCUT2D eigenvalue weighted by molar-refractivity contribution is 0.476. The van der Waals surface area contributed by atoms with Crippen LogP contribution in [-0.2, 0) is 6.54 Å². The van der Waals surface area contributed by atoms with E-state index < -0.39 is 0 Å². The van der Waals surface area contributed by atoms with E-state index in [0.29, 0.717) is 18.0 Å². The van der Waals surface area contributed by atoms with Crippen molar-refractivity contribution in [1.29, 1.82) is 0 Å². The molecule has 0 saturated carbocycles. The lowest BCUT2D eigenvalue weighted by Gasteiger charge is -2.08. The van der Waals surface area contributed by atoms with Crippen LogP contribution in [0.25, 0.3) is 0 Å². The Hall–Kier alpha value is -1.39. The number of nitrogens with two attached hydrogens (primary N) is 1. The van der Waals surface area contributed by atoms with Crippen molar-refractivity contribution < 1.29 is 9.13 Å². The average molecular weight is 296 g/mol. The van der Waals surface area contributed by atoms with Crippen LogP contribution in [0.2, 0.25) is 0 Å². The van der Waals surface area contributed by atoms with E-state index >= 15 is 0 Å². The van der Waals surface area contributed by atoms with E-state index in [-0.39, 0.29) is 5.82 Å². The molecule has 0 spiro atoms. The zero-order valence-corrected chi connectivity index (χ0v) is 10.6. The van der Waals surface area contributed by atoms with Crippen molar-refractivity contribution >= 4 is 15.9 Å². The number of rotatable bonds is 3. The highest BCUT2D eigenvalue weighted by Crippen LogP contribution is 2.27. The first-order valence-electron chi connectivity index (χ1n) is 5.11. The van der Waals surface area contributed by atoms with Gasteiger partial charge in [-0.1, -0.05) is 28.1 Å². The summed E-state index contributed by atoms with van der Waals surface area (Å²) in [5.41, 5.74) is 6.55. The molecule has 0 aliphatic carbocycles. The molecule has 0 bridgehead atoms. The van der Waals surface area contributed by atoms with Gasteiger partial charge in [0.15, 0.2) is 0 Å². The Labute approximate surface area is 107 Å². The highest BCUT2D eigenvalue weighted by atomic mass is 79.9. The summed E-state index contributed by atoms with van der Waals surface area (Å²) in [6.45, 7) is 0.459. The fraction of sp³-hybridized carbons (Fsp3) is 0.0769. The SMILES string of the molecule is NCc1ccc(Oc2cccc(F)c2)cc1Br. The van der Waals surface area contributed by atoms with E-state index in [1.54, 1.807) is 18.2 Å². The Morgan fingerprint density at radius 2 is 1.88 bits per heavy atom. The van der Waals surface area contributed by atoms with Crippen LogP contribution in [0.4, 0.5) is 4.39 Å². The van der Waals surface area contributed by atoms with Gasteiger partial charge in [-0.05, 0) is 29.8 Å². The van der Waals surface area contributed by atoms with Gasteiger partial charge in [-0.3, -0.25) is 0 Å². The number of benzene rings is 2. The van der Waals surface area contributed by atoms with Crippen LogP contribution < -0.4 is 10.5 Å². The van der Waals surface area contributed by atoms with E-state index in [1.807, 2.05) is 12.1 Å². The molecule has 0 aliphatic heterocycles. The zero-order chi connectivity index (χ0) is 12.3. The van der Waals surface area contributed by atoms with Crippen LogP contribution in [0.1, 0.15) is 5.56 Å². The highest BCUT2D eigenvalue weighted by Gasteiger charge is 2.02. The molecule has 0 heterocycles. The molecule has 0 aromatic heterocycles. The van der Waals surface area contributed by atoms with E-state index in [0.717, 1.165) is 10.0 Å². The second-order valence-corrected chi connectivity index (χ2v) is 4.37. The maximum atomic E-state index is 13.0. The lowest BCUT2D eigenvalue weighted by atomic mass is 10.2. The third-order valence-corrected chi connectivity index (χ3v) is 3.01. The van der Waals surface area contributed by atoms with Crippen LogP contribution in [0.5, 0.6) is 11.5 Å². The van der Waals surface area contributed by atoms with Crippen molar-refractivity contribution in [1.82, 2.24) is 0 Å².